The SMILES string of the molecule is CCC(C(=O)O)N(C)c1cccnn1. The third-order valence-corrected chi connectivity index (χ3v) is 2.06. The average molecular weight is 195 g/mol. The molecular weight excluding hydrogens is 182 g/mol. The minimum atomic E-state index is -0.847. The topological polar surface area (TPSA) is 66.3 Å². The highest BCUT2D eigenvalue weighted by Crippen LogP contribution is 2.11. The molecule has 1 rings (SSSR count). The molecule has 0 aliphatic heterocycles. The van der Waals surface area contributed by atoms with Crippen LogP contribution in [0.5, 0.6) is 0 Å². The van der Waals surface area contributed by atoms with Crippen LogP contribution >= 0.6 is 0 Å². The highest BCUT2D eigenvalue weighted by atomic mass is 16.4. The normalized spacial score (nSPS) is 12.1. The van der Waals surface area contributed by atoms with Crippen LogP contribution in [0.25, 0.3) is 0 Å². The first-order chi connectivity index (χ1) is 6.66. The Morgan fingerprint density at radius 2 is 2.43 bits per heavy atom. The van der Waals surface area contributed by atoms with Crippen LogP contribution in [0, 0.1) is 0 Å². The Labute approximate surface area is 82.4 Å². The summed E-state index contributed by atoms with van der Waals surface area (Å²) in [6.07, 6.45) is 2.08. The van der Waals surface area contributed by atoms with E-state index in [-0.39, 0.29) is 0 Å². The maximum Gasteiger partial charge on any atom is 0.326 e. The first kappa shape index (κ1) is 10.4. The van der Waals surface area contributed by atoms with Gasteiger partial charge in [-0.25, -0.2) is 4.79 Å². The van der Waals surface area contributed by atoms with Crippen molar-refractivity contribution in [2.45, 2.75) is 19.4 Å². The number of rotatable bonds is 4. The molecule has 1 N–H and O–H groups in total. The van der Waals surface area contributed by atoms with Crippen molar-refractivity contribution in [1.29, 1.82) is 0 Å². The van der Waals surface area contributed by atoms with Gasteiger partial charge in [0.05, 0.1) is 0 Å². The summed E-state index contributed by atoms with van der Waals surface area (Å²) in [7, 11) is 1.70. The zero-order valence-corrected chi connectivity index (χ0v) is 8.21. The second-order valence-electron chi connectivity index (χ2n) is 2.96. The van der Waals surface area contributed by atoms with Crippen LogP contribution in [0.2, 0.25) is 0 Å². The number of aromatic nitrogens is 2. The maximum atomic E-state index is 10.9. The van der Waals surface area contributed by atoms with Gasteiger partial charge in [-0.2, -0.15) is 5.10 Å². The third kappa shape index (κ3) is 2.18. The van der Waals surface area contributed by atoms with E-state index in [1.807, 2.05) is 6.92 Å². The van der Waals surface area contributed by atoms with Gasteiger partial charge >= 0.3 is 5.97 Å². The van der Waals surface area contributed by atoms with Crippen molar-refractivity contribution >= 4 is 11.8 Å². The third-order valence-electron chi connectivity index (χ3n) is 2.06. The zero-order chi connectivity index (χ0) is 10.6. The van der Waals surface area contributed by atoms with Crippen LogP contribution in [0.1, 0.15) is 13.3 Å². The number of carboxylic acids is 1. The van der Waals surface area contributed by atoms with E-state index >= 15 is 0 Å². The van der Waals surface area contributed by atoms with Crippen LogP contribution in [0.15, 0.2) is 18.3 Å². The lowest BCUT2D eigenvalue weighted by Gasteiger charge is -2.23. The van der Waals surface area contributed by atoms with Gasteiger partial charge in [0.15, 0.2) is 5.82 Å². The van der Waals surface area contributed by atoms with Gasteiger partial charge in [0, 0.05) is 13.2 Å². The van der Waals surface area contributed by atoms with E-state index in [9.17, 15) is 4.79 Å². The molecule has 0 saturated heterocycles. The molecule has 0 aliphatic carbocycles. The number of hydrogen-bond donors (Lipinski definition) is 1. The largest absolute Gasteiger partial charge is 0.480 e. The molecule has 0 spiro atoms. The molecular formula is C9H13N3O2. The van der Waals surface area contributed by atoms with Gasteiger partial charge in [-0.15, -0.1) is 5.10 Å². The summed E-state index contributed by atoms with van der Waals surface area (Å²) >= 11 is 0. The van der Waals surface area contributed by atoms with Crippen molar-refractivity contribution in [3.8, 4) is 0 Å². The maximum absolute atomic E-state index is 10.9. The molecule has 0 fully saturated rings. The lowest BCUT2D eigenvalue weighted by atomic mass is 10.2. The molecule has 0 amide bonds. The van der Waals surface area contributed by atoms with E-state index in [2.05, 4.69) is 10.2 Å². The van der Waals surface area contributed by atoms with E-state index < -0.39 is 12.0 Å². The predicted octanol–water partition coefficient (Wildman–Crippen LogP) is 0.776. The summed E-state index contributed by atoms with van der Waals surface area (Å²) in [6, 6.07) is 2.91. The van der Waals surface area contributed by atoms with Gasteiger partial charge in [-0.3, -0.25) is 0 Å². The summed E-state index contributed by atoms with van der Waals surface area (Å²) in [5, 5.41) is 16.5. The Balaban J connectivity index is 2.83. The Hall–Kier alpha value is -1.65. The molecule has 0 aliphatic rings. The minimum Gasteiger partial charge on any atom is -0.480 e. The second-order valence-corrected chi connectivity index (χ2v) is 2.96. The van der Waals surface area contributed by atoms with Crippen molar-refractivity contribution in [2.24, 2.45) is 0 Å². The average Bonchev–Trinajstić information content (AvgIpc) is 2.19. The van der Waals surface area contributed by atoms with Gasteiger partial charge in [-0.05, 0) is 18.6 Å². The van der Waals surface area contributed by atoms with Crippen molar-refractivity contribution in [2.75, 3.05) is 11.9 Å². The highest BCUT2D eigenvalue weighted by molar-refractivity contribution is 5.77. The Morgan fingerprint density at radius 3 is 2.86 bits per heavy atom. The Kier molecular flexibility index (Phi) is 3.39. The Morgan fingerprint density at radius 1 is 1.71 bits per heavy atom. The van der Waals surface area contributed by atoms with Crippen LogP contribution < -0.4 is 4.90 Å². The van der Waals surface area contributed by atoms with Crippen molar-refractivity contribution < 1.29 is 9.90 Å². The number of likely N-dealkylation sites (N-methyl/N-ethyl adjacent to an activating group) is 1. The summed E-state index contributed by atoms with van der Waals surface area (Å²) < 4.78 is 0. The Bertz CT molecular complexity index is 302. The summed E-state index contributed by atoms with van der Waals surface area (Å²) in [6.45, 7) is 1.83. The monoisotopic (exact) mass is 195 g/mol. The molecule has 1 aromatic heterocycles. The molecule has 0 saturated carbocycles. The van der Waals surface area contributed by atoms with E-state index in [0.29, 0.717) is 12.2 Å². The molecule has 1 unspecified atom stereocenters. The van der Waals surface area contributed by atoms with Gasteiger partial charge in [0.25, 0.3) is 0 Å². The summed E-state index contributed by atoms with van der Waals surface area (Å²) in [5.41, 5.74) is 0. The molecule has 5 nitrogen and oxygen atoms in total. The molecule has 1 atom stereocenters. The molecule has 14 heavy (non-hydrogen) atoms. The lowest BCUT2D eigenvalue weighted by Crippen LogP contribution is -2.38. The number of carbonyl (C=O) groups is 1. The van der Waals surface area contributed by atoms with Crippen molar-refractivity contribution in [1.82, 2.24) is 10.2 Å². The van der Waals surface area contributed by atoms with Crippen LogP contribution in [-0.2, 0) is 4.79 Å². The molecule has 0 radical (unpaired) electrons. The molecule has 0 aromatic carbocycles. The first-order valence-electron chi connectivity index (χ1n) is 4.40. The number of carboxylic acid groups (broad SMARTS) is 1. The molecule has 76 valence electrons. The molecule has 5 heteroatoms. The fraction of sp³-hybridized carbons (Fsp3) is 0.444. The quantitative estimate of drug-likeness (QED) is 0.768. The van der Waals surface area contributed by atoms with E-state index in [4.69, 9.17) is 5.11 Å². The van der Waals surface area contributed by atoms with Crippen LogP contribution in [-0.4, -0.2) is 34.4 Å². The minimum absolute atomic E-state index is 0.530. The summed E-state index contributed by atoms with van der Waals surface area (Å²) in [5.74, 6) is -0.276. The van der Waals surface area contributed by atoms with E-state index in [1.54, 1.807) is 30.3 Å². The van der Waals surface area contributed by atoms with E-state index in [0.717, 1.165) is 0 Å². The smallest absolute Gasteiger partial charge is 0.326 e. The fourth-order valence-corrected chi connectivity index (χ4v) is 1.26. The molecule has 1 aromatic rings. The molecule has 0 bridgehead atoms. The number of nitrogens with zero attached hydrogens (tertiary/aromatic N) is 3. The van der Waals surface area contributed by atoms with Gasteiger partial charge in [0.2, 0.25) is 0 Å². The van der Waals surface area contributed by atoms with Crippen LogP contribution in [0.4, 0.5) is 5.82 Å². The van der Waals surface area contributed by atoms with Crippen molar-refractivity contribution in [3.05, 3.63) is 18.3 Å². The van der Waals surface area contributed by atoms with Crippen LogP contribution in [0.3, 0.4) is 0 Å². The summed E-state index contributed by atoms with van der Waals surface area (Å²) in [4.78, 5) is 12.5. The number of anilines is 1. The van der Waals surface area contributed by atoms with E-state index in [1.165, 1.54) is 0 Å². The first-order valence-corrected chi connectivity index (χ1v) is 4.40. The van der Waals surface area contributed by atoms with Gasteiger partial charge < -0.3 is 10.0 Å². The molecule has 1 heterocycles. The van der Waals surface area contributed by atoms with Gasteiger partial charge in [-0.1, -0.05) is 6.92 Å². The second kappa shape index (κ2) is 4.55. The fourth-order valence-electron chi connectivity index (χ4n) is 1.26. The number of hydrogen-bond acceptors (Lipinski definition) is 4. The standard InChI is InChI=1S/C9H13N3O2/c1-3-7(9(13)14)12(2)8-5-4-6-10-11-8/h4-7H,3H2,1-2H3,(H,13,14). The number of aliphatic carboxylic acids is 1. The zero-order valence-electron chi connectivity index (χ0n) is 8.21. The highest BCUT2D eigenvalue weighted by Gasteiger charge is 2.21. The predicted molar refractivity (Wildman–Crippen MR) is 52.1 cm³/mol. The van der Waals surface area contributed by atoms with Crippen molar-refractivity contribution in [3.63, 3.8) is 0 Å². The lowest BCUT2D eigenvalue weighted by molar-refractivity contribution is -0.138. The van der Waals surface area contributed by atoms with Gasteiger partial charge in [0.1, 0.15) is 6.04 Å².